The van der Waals surface area contributed by atoms with Gasteiger partial charge in [0.2, 0.25) is 5.91 Å². The maximum Gasteiger partial charge on any atom is 0.317 e. The highest BCUT2D eigenvalue weighted by Gasteiger charge is 2.31. The summed E-state index contributed by atoms with van der Waals surface area (Å²) in [6.07, 6.45) is 3.76. The number of nitrogens with one attached hydrogen (secondary N) is 2. The van der Waals surface area contributed by atoms with Crippen LogP contribution >= 0.6 is 11.3 Å². The summed E-state index contributed by atoms with van der Waals surface area (Å²) in [4.78, 5) is 28.9. The van der Waals surface area contributed by atoms with E-state index in [1.807, 2.05) is 11.8 Å². The van der Waals surface area contributed by atoms with Crippen molar-refractivity contribution >= 4 is 23.3 Å². The first kappa shape index (κ1) is 17.3. The van der Waals surface area contributed by atoms with E-state index in [-0.39, 0.29) is 23.9 Å². The van der Waals surface area contributed by atoms with Gasteiger partial charge >= 0.3 is 6.03 Å². The van der Waals surface area contributed by atoms with E-state index in [4.69, 9.17) is 0 Å². The van der Waals surface area contributed by atoms with Gasteiger partial charge in [-0.1, -0.05) is 0 Å². The van der Waals surface area contributed by atoms with Crippen LogP contribution in [0.25, 0.3) is 0 Å². The Labute approximate surface area is 147 Å². The highest BCUT2D eigenvalue weighted by atomic mass is 32.1. The standard InChI is InChI=1S/C18H27N3O2S/c1-11-10-16(13(3)24-11)12(2)19-18(23)21-8-6-14(7-9-21)17(22)20-15-4-5-15/h10,12,14-15H,4-9H2,1-3H3,(H,19,23)(H,20,22)/t12-/m1/s1. The first-order valence-corrected chi connectivity index (χ1v) is 9.68. The molecule has 2 heterocycles. The molecule has 0 radical (unpaired) electrons. The summed E-state index contributed by atoms with van der Waals surface area (Å²) < 4.78 is 0. The van der Waals surface area contributed by atoms with Crippen molar-refractivity contribution in [3.63, 3.8) is 0 Å². The Kier molecular flexibility index (Phi) is 5.13. The fraction of sp³-hybridized carbons (Fsp3) is 0.667. The molecule has 3 rings (SSSR count). The minimum Gasteiger partial charge on any atom is -0.353 e. The summed E-state index contributed by atoms with van der Waals surface area (Å²) in [5.74, 6) is 0.240. The van der Waals surface area contributed by atoms with Crippen molar-refractivity contribution in [3.8, 4) is 0 Å². The molecule has 6 heteroatoms. The topological polar surface area (TPSA) is 61.4 Å². The molecule has 2 N–H and O–H groups in total. The van der Waals surface area contributed by atoms with E-state index < -0.39 is 0 Å². The van der Waals surface area contributed by atoms with Crippen LogP contribution in [-0.2, 0) is 4.79 Å². The first-order chi connectivity index (χ1) is 11.4. The van der Waals surface area contributed by atoms with Crippen LogP contribution in [0.15, 0.2) is 6.07 Å². The van der Waals surface area contributed by atoms with E-state index in [0.717, 1.165) is 25.7 Å². The SMILES string of the molecule is Cc1cc([C@@H](C)NC(=O)N2CCC(C(=O)NC3CC3)CC2)c(C)s1. The molecule has 0 aromatic carbocycles. The van der Waals surface area contributed by atoms with Crippen LogP contribution in [0, 0.1) is 19.8 Å². The number of piperidine rings is 1. The third-order valence-corrected chi connectivity index (χ3v) is 5.94. The maximum absolute atomic E-state index is 12.5. The van der Waals surface area contributed by atoms with Gasteiger partial charge in [-0.3, -0.25) is 4.79 Å². The van der Waals surface area contributed by atoms with Crippen LogP contribution in [0.2, 0.25) is 0 Å². The number of carbonyl (C=O) groups is 2. The summed E-state index contributed by atoms with van der Waals surface area (Å²) in [6.45, 7) is 7.53. The highest BCUT2D eigenvalue weighted by molar-refractivity contribution is 7.12. The number of likely N-dealkylation sites (tertiary alicyclic amines) is 1. The van der Waals surface area contributed by atoms with E-state index in [2.05, 4.69) is 30.5 Å². The van der Waals surface area contributed by atoms with Gasteiger partial charge < -0.3 is 15.5 Å². The molecule has 1 aromatic heterocycles. The molecular weight excluding hydrogens is 322 g/mol. The van der Waals surface area contributed by atoms with Crippen LogP contribution in [-0.4, -0.2) is 36.0 Å². The second-order valence-electron chi connectivity index (χ2n) is 7.08. The van der Waals surface area contributed by atoms with E-state index in [1.165, 1.54) is 15.3 Å². The average molecular weight is 350 g/mol. The lowest BCUT2D eigenvalue weighted by molar-refractivity contribution is -0.126. The number of urea groups is 1. The van der Waals surface area contributed by atoms with Crippen molar-refractivity contribution < 1.29 is 9.59 Å². The lowest BCUT2D eigenvalue weighted by Gasteiger charge is -2.32. The molecule has 2 aliphatic rings. The number of amides is 3. The Hall–Kier alpha value is -1.56. The highest BCUT2D eigenvalue weighted by Crippen LogP contribution is 2.27. The quantitative estimate of drug-likeness (QED) is 0.877. The Bertz CT molecular complexity index is 616. The molecule has 1 saturated carbocycles. The summed E-state index contributed by atoms with van der Waals surface area (Å²) >= 11 is 1.76. The predicted octanol–water partition coefficient (Wildman–Crippen LogP) is 3.13. The predicted molar refractivity (Wildman–Crippen MR) is 96.2 cm³/mol. The number of nitrogens with zero attached hydrogens (tertiary/aromatic N) is 1. The maximum atomic E-state index is 12.5. The zero-order valence-electron chi connectivity index (χ0n) is 14.7. The molecule has 1 aliphatic carbocycles. The van der Waals surface area contributed by atoms with Crippen molar-refractivity contribution in [2.45, 2.75) is 58.5 Å². The van der Waals surface area contributed by atoms with Crippen LogP contribution < -0.4 is 10.6 Å². The molecule has 0 bridgehead atoms. The first-order valence-electron chi connectivity index (χ1n) is 8.86. The lowest BCUT2D eigenvalue weighted by atomic mass is 9.96. The van der Waals surface area contributed by atoms with Gasteiger partial charge in [0.1, 0.15) is 0 Å². The zero-order chi connectivity index (χ0) is 17.3. The van der Waals surface area contributed by atoms with Crippen molar-refractivity contribution in [2.24, 2.45) is 5.92 Å². The molecule has 3 amide bonds. The molecule has 24 heavy (non-hydrogen) atoms. The van der Waals surface area contributed by atoms with Crippen LogP contribution in [0.4, 0.5) is 4.79 Å². The third-order valence-electron chi connectivity index (χ3n) is 4.96. The van der Waals surface area contributed by atoms with Gasteiger partial charge in [0, 0.05) is 34.8 Å². The van der Waals surface area contributed by atoms with E-state index in [1.54, 1.807) is 11.3 Å². The molecule has 1 aromatic rings. The number of rotatable bonds is 4. The van der Waals surface area contributed by atoms with Crippen LogP contribution in [0.3, 0.4) is 0 Å². The molecule has 5 nitrogen and oxygen atoms in total. The van der Waals surface area contributed by atoms with Gasteiger partial charge in [0.25, 0.3) is 0 Å². The third kappa shape index (κ3) is 4.09. The minimum absolute atomic E-state index is 0.0124. The van der Waals surface area contributed by atoms with Gasteiger partial charge in [-0.15, -0.1) is 11.3 Å². The van der Waals surface area contributed by atoms with E-state index in [9.17, 15) is 9.59 Å². The van der Waals surface area contributed by atoms with Gasteiger partial charge in [0.05, 0.1) is 6.04 Å². The Balaban J connectivity index is 1.48. The fourth-order valence-corrected chi connectivity index (χ4v) is 4.35. The number of hydrogen-bond donors (Lipinski definition) is 2. The molecule has 0 unspecified atom stereocenters. The Morgan fingerprint density at radius 2 is 1.88 bits per heavy atom. The number of carbonyl (C=O) groups excluding carboxylic acids is 2. The van der Waals surface area contributed by atoms with E-state index >= 15 is 0 Å². The summed E-state index contributed by atoms with van der Waals surface area (Å²) in [6, 6.07) is 2.56. The van der Waals surface area contributed by atoms with Crippen LogP contribution in [0.1, 0.15) is 54.0 Å². The van der Waals surface area contributed by atoms with Crippen molar-refractivity contribution in [2.75, 3.05) is 13.1 Å². The molecular formula is C18H27N3O2S. The molecule has 1 saturated heterocycles. The van der Waals surface area contributed by atoms with Crippen molar-refractivity contribution in [1.29, 1.82) is 0 Å². The van der Waals surface area contributed by atoms with Crippen molar-refractivity contribution in [3.05, 3.63) is 21.4 Å². The van der Waals surface area contributed by atoms with Gasteiger partial charge in [-0.2, -0.15) is 0 Å². The van der Waals surface area contributed by atoms with Gasteiger partial charge in [0.15, 0.2) is 0 Å². The van der Waals surface area contributed by atoms with E-state index in [0.29, 0.717) is 19.1 Å². The second-order valence-corrected chi connectivity index (χ2v) is 8.54. The van der Waals surface area contributed by atoms with Crippen molar-refractivity contribution in [1.82, 2.24) is 15.5 Å². The fourth-order valence-electron chi connectivity index (χ4n) is 3.33. The average Bonchev–Trinajstić information content (AvgIpc) is 3.29. The Morgan fingerprint density at radius 1 is 1.21 bits per heavy atom. The normalized spacial score (nSPS) is 19.9. The van der Waals surface area contributed by atoms with Gasteiger partial charge in [-0.05, 0) is 58.1 Å². The minimum atomic E-state index is -0.0215. The lowest BCUT2D eigenvalue weighted by Crippen LogP contribution is -2.47. The monoisotopic (exact) mass is 349 g/mol. The molecule has 1 atom stereocenters. The summed E-state index contributed by atoms with van der Waals surface area (Å²) in [5, 5.41) is 6.17. The van der Waals surface area contributed by atoms with Gasteiger partial charge in [-0.25, -0.2) is 4.79 Å². The smallest absolute Gasteiger partial charge is 0.317 e. The molecule has 1 aliphatic heterocycles. The molecule has 132 valence electrons. The molecule has 2 fully saturated rings. The summed E-state index contributed by atoms with van der Waals surface area (Å²) in [7, 11) is 0. The number of thiophene rings is 1. The zero-order valence-corrected chi connectivity index (χ0v) is 15.5. The summed E-state index contributed by atoms with van der Waals surface area (Å²) in [5.41, 5.74) is 1.20. The number of aryl methyl sites for hydroxylation is 2. The molecule has 0 spiro atoms. The van der Waals surface area contributed by atoms with Crippen LogP contribution in [0.5, 0.6) is 0 Å². The number of hydrogen-bond acceptors (Lipinski definition) is 3. The second kappa shape index (κ2) is 7.13. The Morgan fingerprint density at radius 3 is 2.42 bits per heavy atom. The largest absolute Gasteiger partial charge is 0.353 e.